The van der Waals surface area contributed by atoms with E-state index in [-0.39, 0.29) is 0 Å². The highest BCUT2D eigenvalue weighted by Gasteiger charge is 2.06. The number of benzene rings is 1. The molecule has 1 atom stereocenters. The molecule has 0 amide bonds. The lowest BCUT2D eigenvalue weighted by Crippen LogP contribution is -2.87. The first-order chi connectivity index (χ1) is 7.77. The molecule has 0 unspecified atom stereocenters. The fourth-order valence-electron chi connectivity index (χ4n) is 1.46. The SMILES string of the molecule is C=CCOc1ccccc1C[NH2+][C@@H](C)CC. The molecule has 0 spiro atoms. The number of ether oxygens (including phenoxy) is 1. The average molecular weight is 220 g/mol. The van der Waals surface area contributed by atoms with Crippen LogP contribution in [0.4, 0.5) is 0 Å². The minimum Gasteiger partial charge on any atom is -0.489 e. The molecule has 1 aromatic carbocycles. The van der Waals surface area contributed by atoms with Crippen LogP contribution >= 0.6 is 0 Å². The van der Waals surface area contributed by atoms with E-state index in [1.165, 1.54) is 12.0 Å². The normalized spacial score (nSPS) is 12.1. The Morgan fingerprint density at radius 3 is 2.88 bits per heavy atom. The topological polar surface area (TPSA) is 25.8 Å². The largest absolute Gasteiger partial charge is 0.489 e. The van der Waals surface area contributed by atoms with Gasteiger partial charge in [0.2, 0.25) is 0 Å². The highest BCUT2D eigenvalue weighted by molar-refractivity contribution is 5.32. The molecule has 1 rings (SSSR count). The fraction of sp³-hybridized carbons (Fsp3) is 0.429. The number of hydrogen-bond acceptors (Lipinski definition) is 1. The summed E-state index contributed by atoms with van der Waals surface area (Å²) in [7, 11) is 0. The molecule has 0 aliphatic heterocycles. The maximum atomic E-state index is 5.61. The van der Waals surface area contributed by atoms with Crippen molar-refractivity contribution in [2.24, 2.45) is 0 Å². The van der Waals surface area contributed by atoms with Crippen molar-refractivity contribution in [3.8, 4) is 5.75 Å². The number of quaternary nitrogens is 1. The Kier molecular flexibility index (Phi) is 5.65. The second-order valence-electron chi connectivity index (χ2n) is 4.03. The van der Waals surface area contributed by atoms with Gasteiger partial charge in [0.1, 0.15) is 18.9 Å². The summed E-state index contributed by atoms with van der Waals surface area (Å²) in [6.07, 6.45) is 2.96. The van der Waals surface area contributed by atoms with Crippen molar-refractivity contribution in [2.75, 3.05) is 6.61 Å². The van der Waals surface area contributed by atoms with Gasteiger partial charge in [0.15, 0.2) is 0 Å². The summed E-state index contributed by atoms with van der Waals surface area (Å²) in [5.41, 5.74) is 1.25. The predicted molar refractivity (Wildman–Crippen MR) is 67.5 cm³/mol. The zero-order valence-electron chi connectivity index (χ0n) is 10.3. The minimum absolute atomic E-state index is 0.570. The van der Waals surface area contributed by atoms with Gasteiger partial charge in [0.05, 0.1) is 6.04 Å². The van der Waals surface area contributed by atoms with Crippen LogP contribution in [0, 0.1) is 0 Å². The van der Waals surface area contributed by atoms with Crippen LogP contribution < -0.4 is 10.1 Å². The van der Waals surface area contributed by atoms with Gasteiger partial charge in [-0.2, -0.15) is 0 Å². The van der Waals surface area contributed by atoms with E-state index in [1.54, 1.807) is 6.08 Å². The molecule has 2 nitrogen and oxygen atoms in total. The highest BCUT2D eigenvalue weighted by atomic mass is 16.5. The molecule has 2 heteroatoms. The summed E-state index contributed by atoms with van der Waals surface area (Å²) in [6.45, 7) is 9.66. The van der Waals surface area contributed by atoms with E-state index in [0.717, 1.165) is 12.3 Å². The molecule has 0 radical (unpaired) electrons. The molecule has 16 heavy (non-hydrogen) atoms. The molecular formula is C14H22NO+. The molecule has 0 fully saturated rings. The van der Waals surface area contributed by atoms with Crippen LogP contribution in [-0.4, -0.2) is 12.6 Å². The van der Waals surface area contributed by atoms with Crippen molar-refractivity contribution in [1.82, 2.24) is 0 Å². The summed E-state index contributed by atoms with van der Waals surface area (Å²) >= 11 is 0. The third kappa shape index (κ3) is 4.07. The third-order valence-electron chi connectivity index (χ3n) is 2.71. The van der Waals surface area contributed by atoms with Crippen LogP contribution in [0.15, 0.2) is 36.9 Å². The lowest BCUT2D eigenvalue weighted by molar-refractivity contribution is -0.701. The number of nitrogens with two attached hydrogens (primary N) is 1. The van der Waals surface area contributed by atoms with E-state index < -0.39 is 0 Å². The Labute approximate surface area is 98.3 Å². The van der Waals surface area contributed by atoms with Gasteiger partial charge < -0.3 is 10.1 Å². The van der Waals surface area contributed by atoms with Gasteiger partial charge in [-0.25, -0.2) is 0 Å². The Morgan fingerprint density at radius 1 is 1.44 bits per heavy atom. The maximum Gasteiger partial charge on any atom is 0.128 e. The molecule has 1 aromatic rings. The number of hydrogen-bond donors (Lipinski definition) is 1. The zero-order chi connectivity index (χ0) is 11.8. The summed E-state index contributed by atoms with van der Waals surface area (Å²) in [5.74, 6) is 0.974. The van der Waals surface area contributed by atoms with Gasteiger partial charge in [0, 0.05) is 5.56 Å². The van der Waals surface area contributed by atoms with Crippen molar-refractivity contribution in [3.63, 3.8) is 0 Å². The van der Waals surface area contributed by atoms with Crippen molar-refractivity contribution in [2.45, 2.75) is 32.9 Å². The van der Waals surface area contributed by atoms with Crippen LogP contribution in [0.3, 0.4) is 0 Å². The van der Waals surface area contributed by atoms with E-state index in [1.807, 2.05) is 12.1 Å². The van der Waals surface area contributed by atoms with Gasteiger partial charge in [-0.1, -0.05) is 31.7 Å². The van der Waals surface area contributed by atoms with Gasteiger partial charge in [-0.05, 0) is 25.5 Å². The van der Waals surface area contributed by atoms with Crippen molar-refractivity contribution >= 4 is 0 Å². The van der Waals surface area contributed by atoms with Gasteiger partial charge in [0.25, 0.3) is 0 Å². The standard InChI is InChI=1S/C14H21NO/c1-4-10-16-14-9-7-6-8-13(14)11-15-12(3)5-2/h4,6-9,12,15H,1,5,10-11H2,2-3H3/p+1/t12-/m0/s1. The molecule has 0 aromatic heterocycles. The average Bonchev–Trinajstić information content (AvgIpc) is 2.34. The molecule has 88 valence electrons. The van der Waals surface area contributed by atoms with Crippen LogP contribution in [0.2, 0.25) is 0 Å². The summed E-state index contributed by atoms with van der Waals surface area (Å²) in [4.78, 5) is 0. The van der Waals surface area contributed by atoms with E-state index in [4.69, 9.17) is 4.74 Å². The smallest absolute Gasteiger partial charge is 0.128 e. The quantitative estimate of drug-likeness (QED) is 0.700. The molecule has 0 saturated heterocycles. The van der Waals surface area contributed by atoms with Crippen LogP contribution in [0.1, 0.15) is 25.8 Å². The van der Waals surface area contributed by atoms with Gasteiger partial charge in [-0.3, -0.25) is 0 Å². The van der Waals surface area contributed by atoms with E-state index in [0.29, 0.717) is 12.6 Å². The molecule has 0 heterocycles. The Balaban J connectivity index is 2.59. The second-order valence-corrected chi connectivity index (χ2v) is 4.03. The van der Waals surface area contributed by atoms with E-state index >= 15 is 0 Å². The third-order valence-corrected chi connectivity index (χ3v) is 2.71. The van der Waals surface area contributed by atoms with E-state index in [9.17, 15) is 0 Å². The van der Waals surface area contributed by atoms with Crippen molar-refractivity contribution in [3.05, 3.63) is 42.5 Å². The summed E-state index contributed by atoms with van der Waals surface area (Å²) in [6, 6.07) is 8.86. The Bertz CT molecular complexity index is 322. The Hall–Kier alpha value is -1.28. The van der Waals surface area contributed by atoms with Crippen LogP contribution in [0.5, 0.6) is 5.75 Å². The van der Waals surface area contributed by atoms with Crippen LogP contribution in [0.25, 0.3) is 0 Å². The lowest BCUT2D eigenvalue weighted by atomic mass is 10.2. The first-order valence-corrected chi connectivity index (χ1v) is 5.92. The van der Waals surface area contributed by atoms with Crippen LogP contribution in [-0.2, 0) is 6.54 Å². The predicted octanol–water partition coefficient (Wildman–Crippen LogP) is 2.11. The van der Waals surface area contributed by atoms with Crippen molar-refractivity contribution in [1.29, 1.82) is 0 Å². The van der Waals surface area contributed by atoms with E-state index in [2.05, 4.69) is 37.9 Å². The first-order valence-electron chi connectivity index (χ1n) is 5.92. The lowest BCUT2D eigenvalue weighted by Gasteiger charge is -2.11. The second kappa shape index (κ2) is 7.07. The molecule has 0 bridgehead atoms. The maximum absolute atomic E-state index is 5.61. The molecule has 2 N–H and O–H groups in total. The molecular weight excluding hydrogens is 198 g/mol. The number of rotatable bonds is 7. The summed E-state index contributed by atoms with van der Waals surface area (Å²) in [5, 5.41) is 2.34. The first kappa shape index (κ1) is 12.8. The number of para-hydroxylation sites is 1. The molecule has 0 aliphatic rings. The Morgan fingerprint density at radius 2 is 2.19 bits per heavy atom. The zero-order valence-corrected chi connectivity index (χ0v) is 10.3. The summed E-state index contributed by atoms with van der Waals surface area (Å²) < 4.78 is 5.61. The van der Waals surface area contributed by atoms with Crippen molar-refractivity contribution < 1.29 is 10.1 Å². The fourth-order valence-corrected chi connectivity index (χ4v) is 1.46. The molecule has 0 saturated carbocycles. The monoisotopic (exact) mass is 220 g/mol. The van der Waals surface area contributed by atoms with Gasteiger partial charge >= 0.3 is 0 Å². The molecule has 0 aliphatic carbocycles. The minimum atomic E-state index is 0.570. The van der Waals surface area contributed by atoms with Gasteiger partial charge in [-0.15, -0.1) is 0 Å². The highest BCUT2D eigenvalue weighted by Crippen LogP contribution is 2.16.